The first-order valence-electron chi connectivity index (χ1n) is 8.69. The zero-order chi connectivity index (χ0) is 17.4. The average Bonchev–Trinajstić information content (AvgIpc) is 3.11. The highest BCUT2D eigenvalue weighted by Crippen LogP contribution is 2.29. The fourth-order valence-electron chi connectivity index (χ4n) is 3.62. The van der Waals surface area contributed by atoms with Crippen molar-refractivity contribution in [2.24, 2.45) is 5.92 Å². The zero-order valence-electron chi connectivity index (χ0n) is 14.8. The van der Waals surface area contributed by atoms with Gasteiger partial charge in [-0.05, 0) is 37.5 Å². The highest BCUT2D eigenvalue weighted by atomic mass is 15.3. The summed E-state index contributed by atoms with van der Waals surface area (Å²) < 4.78 is 0. The van der Waals surface area contributed by atoms with Crippen molar-refractivity contribution in [2.75, 3.05) is 29.9 Å². The van der Waals surface area contributed by atoms with E-state index in [4.69, 9.17) is 0 Å². The molecule has 0 spiro atoms. The Morgan fingerprint density at radius 2 is 2.08 bits per heavy atom. The van der Waals surface area contributed by atoms with Crippen molar-refractivity contribution in [1.29, 1.82) is 0 Å². The van der Waals surface area contributed by atoms with Crippen LogP contribution in [-0.2, 0) is 0 Å². The van der Waals surface area contributed by atoms with Gasteiger partial charge >= 0.3 is 0 Å². The van der Waals surface area contributed by atoms with E-state index in [1.165, 1.54) is 0 Å². The molecule has 4 heterocycles. The summed E-state index contributed by atoms with van der Waals surface area (Å²) in [6.07, 6.45) is 4.66. The Bertz CT molecular complexity index is 857. The molecule has 1 saturated heterocycles. The van der Waals surface area contributed by atoms with Crippen LogP contribution >= 0.6 is 0 Å². The van der Waals surface area contributed by atoms with Crippen LogP contribution in [-0.4, -0.2) is 51.3 Å². The van der Waals surface area contributed by atoms with Gasteiger partial charge in [-0.1, -0.05) is 6.92 Å². The highest BCUT2D eigenvalue weighted by Gasteiger charge is 2.31. The molecule has 0 aromatic carbocycles. The van der Waals surface area contributed by atoms with E-state index in [-0.39, 0.29) is 0 Å². The molecular weight excluding hydrogens is 314 g/mol. The normalized spacial score (nSPS) is 20.8. The van der Waals surface area contributed by atoms with Gasteiger partial charge in [-0.15, -0.1) is 5.10 Å². The number of hydrogen-bond acceptors (Lipinski definition) is 6. The smallest absolute Gasteiger partial charge is 0.151 e. The SMILES string of the molecule is Cc1ccc(N2CCC(C)C(N(C)c3ncnc4[nH]ccc34)C2)nn1. The molecule has 7 nitrogen and oxygen atoms in total. The largest absolute Gasteiger partial charge is 0.354 e. The van der Waals surface area contributed by atoms with Crippen molar-refractivity contribution in [3.05, 3.63) is 36.4 Å². The predicted molar refractivity (Wildman–Crippen MR) is 98.8 cm³/mol. The van der Waals surface area contributed by atoms with Gasteiger partial charge in [0, 0.05) is 26.3 Å². The number of nitrogens with one attached hydrogen (secondary N) is 1. The summed E-state index contributed by atoms with van der Waals surface area (Å²) in [7, 11) is 2.13. The second-order valence-electron chi connectivity index (χ2n) is 6.86. The number of hydrogen-bond donors (Lipinski definition) is 1. The molecule has 0 aliphatic carbocycles. The van der Waals surface area contributed by atoms with E-state index in [1.54, 1.807) is 6.33 Å². The Morgan fingerprint density at radius 1 is 1.20 bits per heavy atom. The fourth-order valence-corrected chi connectivity index (χ4v) is 3.62. The molecule has 3 aromatic heterocycles. The first-order valence-corrected chi connectivity index (χ1v) is 8.69. The molecule has 25 heavy (non-hydrogen) atoms. The maximum atomic E-state index is 4.55. The quantitative estimate of drug-likeness (QED) is 0.791. The number of anilines is 2. The minimum absolute atomic E-state index is 0.352. The molecule has 4 rings (SSSR count). The molecule has 2 unspecified atom stereocenters. The van der Waals surface area contributed by atoms with Gasteiger partial charge in [-0.25, -0.2) is 9.97 Å². The Labute approximate surface area is 147 Å². The standard InChI is InChI=1S/C18H23N7/c1-12-7-9-25(16-5-4-13(2)22-23-16)10-15(12)24(3)18-14-6-8-19-17(14)20-11-21-18/h4-6,8,11-12,15H,7,9-10H2,1-3H3,(H,19,20,21). The second-order valence-corrected chi connectivity index (χ2v) is 6.86. The highest BCUT2D eigenvalue weighted by molar-refractivity contribution is 5.87. The number of aryl methyl sites for hydroxylation is 1. The van der Waals surface area contributed by atoms with Crippen LogP contribution in [0.2, 0.25) is 0 Å². The number of likely N-dealkylation sites (N-methyl/N-ethyl adjacent to an activating group) is 1. The van der Waals surface area contributed by atoms with Crippen LogP contribution in [0.15, 0.2) is 30.7 Å². The Kier molecular flexibility index (Phi) is 3.99. The Balaban J connectivity index is 1.61. The summed E-state index contributed by atoms with van der Waals surface area (Å²) in [5.74, 6) is 2.49. The first-order chi connectivity index (χ1) is 12.1. The van der Waals surface area contributed by atoms with Crippen LogP contribution in [0.4, 0.5) is 11.6 Å². The van der Waals surface area contributed by atoms with Gasteiger partial charge in [0.25, 0.3) is 0 Å². The lowest BCUT2D eigenvalue weighted by Gasteiger charge is -2.42. The number of H-pyrrole nitrogens is 1. The minimum atomic E-state index is 0.352. The minimum Gasteiger partial charge on any atom is -0.354 e. The number of rotatable bonds is 3. The monoisotopic (exact) mass is 337 g/mol. The lowest BCUT2D eigenvalue weighted by atomic mass is 9.92. The van der Waals surface area contributed by atoms with Gasteiger partial charge in [0.2, 0.25) is 0 Å². The first kappa shape index (κ1) is 15.8. The second kappa shape index (κ2) is 6.31. The van der Waals surface area contributed by atoms with Gasteiger partial charge in [0.1, 0.15) is 17.8 Å². The van der Waals surface area contributed by atoms with E-state index in [0.29, 0.717) is 12.0 Å². The zero-order valence-corrected chi connectivity index (χ0v) is 14.8. The Hall–Kier alpha value is -2.70. The van der Waals surface area contributed by atoms with Crippen molar-refractivity contribution in [3.8, 4) is 0 Å². The van der Waals surface area contributed by atoms with E-state index in [1.807, 2.05) is 25.3 Å². The maximum absolute atomic E-state index is 4.55. The molecule has 1 N–H and O–H groups in total. The van der Waals surface area contributed by atoms with Crippen LogP contribution in [0, 0.1) is 12.8 Å². The van der Waals surface area contributed by atoms with E-state index < -0.39 is 0 Å². The molecule has 0 radical (unpaired) electrons. The van der Waals surface area contributed by atoms with Crippen LogP contribution in [0.3, 0.4) is 0 Å². The molecule has 0 bridgehead atoms. The van der Waals surface area contributed by atoms with Gasteiger partial charge in [-0.3, -0.25) is 0 Å². The molecule has 130 valence electrons. The summed E-state index contributed by atoms with van der Waals surface area (Å²) in [6, 6.07) is 6.47. The van der Waals surface area contributed by atoms with Gasteiger partial charge in [0.05, 0.1) is 17.1 Å². The molecule has 1 fully saturated rings. The van der Waals surface area contributed by atoms with Gasteiger partial charge < -0.3 is 14.8 Å². The Morgan fingerprint density at radius 3 is 2.88 bits per heavy atom. The average molecular weight is 337 g/mol. The summed E-state index contributed by atoms with van der Waals surface area (Å²) in [5.41, 5.74) is 1.82. The summed E-state index contributed by atoms with van der Waals surface area (Å²) in [6.45, 7) is 6.19. The number of fused-ring (bicyclic) bond motifs is 1. The lowest BCUT2D eigenvalue weighted by Crippen LogP contribution is -2.51. The molecule has 1 aliphatic rings. The van der Waals surface area contributed by atoms with Crippen molar-refractivity contribution >= 4 is 22.7 Å². The van der Waals surface area contributed by atoms with Gasteiger partial charge in [-0.2, -0.15) is 5.10 Å². The van der Waals surface area contributed by atoms with Crippen LogP contribution in [0.25, 0.3) is 11.0 Å². The van der Waals surface area contributed by atoms with Crippen LogP contribution in [0.1, 0.15) is 19.0 Å². The molecule has 2 atom stereocenters. The third kappa shape index (κ3) is 2.90. The molecule has 3 aromatic rings. The number of aromatic nitrogens is 5. The summed E-state index contributed by atoms with van der Waals surface area (Å²) in [4.78, 5) is 16.6. The summed E-state index contributed by atoms with van der Waals surface area (Å²) in [5, 5.41) is 9.63. The molecule has 0 amide bonds. The predicted octanol–water partition coefficient (Wildman–Crippen LogP) is 2.41. The molecular formula is C18H23N7. The lowest BCUT2D eigenvalue weighted by molar-refractivity contribution is 0.365. The van der Waals surface area contributed by atoms with Crippen molar-refractivity contribution in [1.82, 2.24) is 25.1 Å². The van der Waals surface area contributed by atoms with Crippen molar-refractivity contribution in [2.45, 2.75) is 26.3 Å². The van der Waals surface area contributed by atoms with Crippen molar-refractivity contribution < 1.29 is 0 Å². The van der Waals surface area contributed by atoms with Crippen LogP contribution in [0.5, 0.6) is 0 Å². The topological polar surface area (TPSA) is 73.8 Å². The van der Waals surface area contributed by atoms with Crippen molar-refractivity contribution in [3.63, 3.8) is 0 Å². The van der Waals surface area contributed by atoms with Gasteiger partial charge in [0.15, 0.2) is 5.82 Å². The third-order valence-corrected chi connectivity index (χ3v) is 5.19. The number of piperidine rings is 1. The molecule has 1 aliphatic heterocycles. The number of aromatic amines is 1. The third-order valence-electron chi connectivity index (χ3n) is 5.19. The maximum Gasteiger partial charge on any atom is 0.151 e. The van der Waals surface area contributed by atoms with E-state index in [9.17, 15) is 0 Å². The van der Waals surface area contributed by atoms with E-state index in [2.05, 4.69) is 55.0 Å². The van der Waals surface area contributed by atoms with E-state index in [0.717, 1.165) is 47.9 Å². The molecule has 7 heteroatoms. The van der Waals surface area contributed by atoms with Crippen LogP contribution < -0.4 is 9.80 Å². The number of nitrogens with zero attached hydrogens (tertiary/aromatic N) is 6. The van der Waals surface area contributed by atoms with E-state index >= 15 is 0 Å². The molecule has 0 saturated carbocycles. The summed E-state index contributed by atoms with van der Waals surface area (Å²) >= 11 is 0. The fraction of sp³-hybridized carbons (Fsp3) is 0.444.